The van der Waals surface area contributed by atoms with Crippen LogP contribution >= 0.6 is 11.6 Å². The van der Waals surface area contributed by atoms with E-state index in [9.17, 15) is 14.0 Å². The fourth-order valence-electron chi connectivity index (χ4n) is 3.20. The fourth-order valence-corrected chi connectivity index (χ4v) is 3.41. The summed E-state index contributed by atoms with van der Waals surface area (Å²) < 4.78 is 18.7. The Morgan fingerprint density at radius 2 is 2.11 bits per heavy atom. The molecule has 2 aromatic rings. The molecule has 1 aliphatic rings. The Labute approximate surface area is 162 Å². The summed E-state index contributed by atoms with van der Waals surface area (Å²) in [7, 11) is 1.31. The van der Waals surface area contributed by atoms with E-state index >= 15 is 0 Å². The van der Waals surface area contributed by atoms with Gasteiger partial charge in [-0.25, -0.2) is 4.39 Å². The number of halogens is 2. The molecule has 1 saturated heterocycles. The maximum absolute atomic E-state index is 13.8. The van der Waals surface area contributed by atoms with Crippen LogP contribution in [-0.4, -0.2) is 43.0 Å². The second-order valence-corrected chi connectivity index (χ2v) is 6.85. The third-order valence-electron chi connectivity index (χ3n) is 4.52. The summed E-state index contributed by atoms with van der Waals surface area (Å²) in [6, 6.07) is 11.4. The van der Waals surface area contributed by atoms with Gasteiger partial charge in [0, 0.05) is 24.5 Å². The summed E-state index contributed by atoms with van der Waals surface area (Å²) in [6.45, 7) is 0.970. The highest BCUT2D eigenvalue weighted by atomic mass is 35.5. The Hall–Kier alpha value is -2.60. The third-order valence-corrected chi connectivity index (χ3v) is 4.76. The van der Waals surface area contributed by atoms with Gasteiger partial charge in [-0.1, -0.05) is 29.8 Å². The van der Waals surface area contributed by atoms with E-state index in [1.807, 2.05) is 18.2 Å². The summed E-state index contributed by atoms with van der Waals surface area (Å²) in [4.78, 5) is 26.4. The predicted octanol–water partition coefficient (Wildman–Crippen LogP) is 3.06. The van der Waals surface area contributed by atoms with Gasteiger partial charge in [0.1, 0.15) is 0 Å². The number of hydrogen-bond donors (Lipinski definition) is 1. The van der Waals surface area contributed by atoms with Gasteiger partial charge in [-0.3, -0.25) is 9.59 Å². The molecular weight excluding hydrogens is 371 g/mol. The van der Waals surface area contributed by atoms with Crippen molar-refractivity contribution in [3.8, 4) is 5.75 Å². The molecule has 1 heterocycles. The maximum Gasteiger partial charge on any atom is 0.255 e. The third kappa shape index (κ3) is 4.57. The van der Waals surface area contributed by atoms with E-state index in [1.165, 1.54) is 25.3 Å². The van der Waals surface area contributed by atoms with Gasteiger partial charge in [-0.05, 0) is 36.2 Å². The summed E-state index contributed by atoms with van der Waals surface area (Å²) in [5.74, 6) is -1.18. The average molecular weight is 391 g/mol. The number of likely N-dealkylation sites (tertiary alicyclic amines) is 1. The molecule has 1 aliphatic heterocycles. The van der Waals surface area contributed by atoms with Gasteiger partial charge in [-0.2, -0.15) is 0 Å². The summed E-state index contributed by atoms with van der Waals surface area (Å²) >= 11 is 5.98. The Kier molecular flexibility index (Phi) is 5.96. The van der Waals surface area contributed by atoms with Crippen molar-refractivity contribution < 1.29 is 18.7 Å². The van der Waals surface area contributed by atoms with Gasteiger partial charge in [0.05, 0.1) is 18.7 Å². The molecular formula is C20H20ClFN2O3. The zero-order valence-electron chi connectivity index (χ0n) is 14.9. The normalized spacial score (nSPS) is 16.5. The van der Waals surface area contributed by atoms with Crippen LogP contribution in [0.4, 0.5) is 4.39 Å². The molecule has 142 valence electrons. The average Bonchev–Trinajstić information content (AvgIpc) is 2.99. The molecule has 2 aromatic carbocycles. The molecule has 1 N–H and O–H groups in total. The Morgan fingerprint density at radius 1 is 1.33 bits per heavy atom. The zero-order valence-corrected chi connectivity index (χ0v) is 15.6. The Bertz CT molecular complexity index is 859. The Balaban J connectivity index is 1.59. The molecule has 0 unspecified atom stereocenters. The summed E-state index contributed by atoms with van der Waals surface area (Å²) in [5.41, 5.74) is 1.16. The van der Waals surface area contributed by atoms with Crippen molar-refractivity contribution >= 4 is 23.4 Å². The Morgan fingerprint density at radius 3 is 2.85 bits per heavy atom. The molecule has 0 spiro atoms. The largest absolute Gasteiger partial charge is 0.493 e. The minimum absolute atomic E-state index is 0.0199. The first kappa shape index (κ1) is 19.2. The molecule has 1 fully saturated rings. The second kappa shape index (κ2) is 8.39. The van der Waals surface area contributed by atoms with Crippen LogP contribution in [0.25, 0.3) is 0 Å². The lowest BCUT2D eigenvalue weighted by atomic mass is 10.1. The van der Waals surface area contributed by atoms with Crippen LogP contribution in [0.5, 0.6) is 5.75 Å². The van der Waals surface area contributed by atoms with E-state index in [2.05, 4.69) is 5.32 Å². The fraction of sp³-hybridized carbons (Fsp3) is 0.300. The van der Waals surface area contributed by atoms with Crippen molar-refractivity contribution in [1.82, 2.24) is 10.2 Å². The molecule has 7 heteroatoms. The van der Waals surface area contributed by atoms with E-state index < -0.39 is 11.7 Å². The van der Waals surface area contributed by atoms with Gasteiger partial charge in [-0.15, -0.1) is 0 Å². The van der Waals surface area contributed by atoms with Crippen LogP contribution in [0.15, 0.2) is 42.5 Å². The monoisotopic (exact) mass is 390 g/mol. The van der Waals surface area contributed by atoms with E-state index in [0.717, 1.165) is 5.56 Å². The highest BCUT2D eigenvalue weighted by molar-refractivity contribution is 6.30. The zero-order chi connectivity index (χ0) is 19.4. The van der Waals surface area contributed by atoms with Gasteiger partial charge in [0.15, 0.2) is 11.6 Å². The highest BCUT2D eigenvalue weighted by Crippen LogP contribution is 2.23. The molecule has 5 nitrogen and oxygen atoms in total. The number of carbonyl (C=O) groups excluding carboxylic acids is 2. The number of amides is 2. The first-order chi connectivity index (χ1) is 13.0. The lowest BCUT2D eigenvalue weighted by Crippen LogP contribution is -2.37. The van der Waals surface area contributed by atoms with E-state index in [-0.39, 0.29) is 29.7 Å². The lowest BCUT2D eigenvalue weighted by Gasteiger charge is -2.17. The number of benzene rings is 2. The number of rotatable bonds is 6. The quantitative estimate of drug-likeness (QED) is 0.824. The highest BCUT2D eigenvalue weighted by Gasteiger charge is 2.31. The molecule has 0 aromatic heterocycles. The smallest absolute Gasteiger partial charge is 0.255 e. The van der Waals surface area contributed by atoms with Crippen molar-refractivity contribution in [2.24, 2.45) is 0 Å². The molecule has 27 heavy (non-hydrogen) atoms. The van der Waals surface area contributed by atoms with Gasteiger partial charge >= 0.3 is 0 Å². The van der Waals surface area contributed by atoms with Crippen LogP contribution < -0.4 is 10.1 Å². The number of carbonyl (C=O) groups is 2. The number of nitrogens with zero attached hydrogens (tertiary/aromatic N) is 1. The van der Waals surface area contributed by atoms with Gasteiger partial charge in [0.2, 0.25) is 5.91 Å². The van der Waals surface area contributed by atoms with Gasteiger partial charge in [0.25, 0.3) is 5.91 Å². The molecule has 1 atom stereocenters. The molecule has 0 saturated carbocycles. The first-order valence-electron chi connectivity index (χ1n) is 8.63. The topological polar surface area (TPSA) is 58.6 Å². The first-order valence-corrected chi connectivity index (χ1v) is 9.01. The van der Waals surface area contributed by atoms with Crippen molar-refractivity contribution in [3.05, 3.63) is 64.4 Å². The van der Waals surface area contributed by atoms with Crippen molar-refractivity contribution in [2.75, 3.05) is 20.2 Å². The van der Waals surface area contributed by atoms with E-state index in [1.54, 1.807) is 11.0 Å². The van der Waals surface area contributed by atoms with Crippen LogP contribution in [0, 0.1) is 5.82 Å². The standard InChI is InChI=1S/C20H20ClFN2O3/c1-27-19-16(6-3-7-17(19)22)20(26)23-15-11-18(25)24(12-15)9-8-13-4-2-5-14(21)10-13/h2-7,10,15H,8-9,11-12H2,1H3,(H,23,26)/t15-/m1/s1. The van der Waals surface area contributed by atoms with Crippen LogP contribution in [0.1, 0.15) is 22.3 Å². The number of methoxy groups -OCH3 is 1. The predicted molar refractivity (Wildman–Crippen MR) is 101 cm³/mol. The molecule has 0 radical (unpaired) electrons. The molecule has 3 rings (SSSR count). The van der Waals surface area contributed by atoms with E-state index in [0.29, 0.717) is 24.5 Å². The van der Waals surface area contributed by atoms with Gasteiger partial charge < -0.3 is 15.0 Å². The summed E-state index contributed by atoms with van der Waals surface area (Å²) in [6.07, 6.45) is 0.906. The SMILES string of the molecule is COc1c(F)cccc1C(=O)N[C@@H]1CC(=O)N(CCc2cccc(Cl)c2)C1. The molecule has 2 amide bonds. The lowest BCUT2D eigenvalue weighted by molar-refractivity contribution is -0.127. The number of hydrogen-bond acceptors (Lipinski definition) is 3. The van der Waals surface area contributed by atoms with Crippen LogP contribution in [-0.2, 0) is 11.2 Å². The molecule has 0 aliphatic carbocycles. The van der Waals surface area contributed by atoms with Crippen molar-refractivity contribution in [3.63, 3.8) is 0 Å². The summed E-state index contributed by atoms with van der Waals surface area (Å²) in [5, 5.41) is 3.46. The van der Waals surface area contributed by atoms with Crippen molar-refractivity contribution in [1.29, 1.82) is 0 Å². The molecule has 0 bridgehead atoms. The minimum Gasteiger partial charge on any atom is -0.493 e. The number of nitrogens with one attached hydrogen (secondary N) is 1. The van der Waals surface area contributed by atoms with Crippen LogP contribution in [0.3, 0.4) is 0 Å². The second-order valence-electron chi connectivity index (χ2n) is 6.41. The van der Waals surface area contributed by atoms with E-state index in [4.69, 9.17) is 16.3 Å². The minimum atomic E-state index is -0.601. The number of ether oxygens (including phenoxy) is 1. The van der Waals surface area contributed by atoms with Crippen LogP contribution in [0.2, 0.25) is 5.02 Å². The van der Waals surface area contributed by atoms with Crippen molar-refractivity contribution in [2.45, 2.75) is 18.9 Å². The number of para-hydroxylation sites is 1. The maximum atomic E-state index is 13.8.